The minimum atomic E-state index is 0.0793. The summed E-state index contributed by atoms with van der Waals surface area (Å²) in [6.07, 6.45) is 1.40. The van der Waals surface area contributed by atoms with Crippen LogP contribution in [0.15, 0.2) is 30.1 Å². The Bertz CT molecular complexity index is 419. The number of aryl methyl sites for hydroxylation is 1. The standard InChI is InChI=1S/C15H20FN/c1-3-17(4-2)11-14-13-8-6-5-7-12(13)9-10-15(14)16/h5-8H,3-4,9-11H2,1-2H3. The van der Waals surface area contributed by atoms with Crippen LogP contribution in [-0.4, -0.2) is 24.5 Å². The van der Waals surface area contributed by atoms with E-state index in [1.54, 1.807) is 0 Å². The molecule has 1 nitrogen and oxygen atoms in total. The van der Waals surface area contributed by atoms with E-state index in [2.05, 4.69) is 24.8 Å². The van der Waals surface area contributed by atoms with Crippen molar-refractivity contribution < 1.29 is 4.39 Å². The number of allylic oxidation sites excluding steroid dienone is 1. The SMILES string of the molecule is CCN(CC)CC1=C(F)CCc2ccccc21. The second-order valence-electron chi connectivity index (χ2n) is 4.50. The average Bonchev–Trinajstić information content (AvgIpc) is 2.38. The lowest BCUT2D eigenvalue weighted by atomic mass is 9.90. The van der Waals surface area contributed by atoms with E-state index in [4.69, 9.17) is 0 Å². The quantitative estimate of drug-likeness (QED) is 0.767. The molecule has 1 aromatic carbocycles. The van der Waals surface area contributed by atoms with Gasteiger partial charge in [-0.05, 0) is 30.6 Å². The van der Waals surface area contributed by atoms with Gasteiger partial charge in [0.25, 0.3) is 0 Å². The second kappa shape index (κ2) is 5.46. The van der Waals surface area contributed by atoms with Crippen LogP contribution in [-0.2, 0) is 6.42 Å². The van der Waals surface area contributed by atoms with Gasteiger partial charge in [0.2, 0.25) is 0 Å². The molecular formula is C15H20FN. The van der Waals surface area contributed by atoms with Crippen LogP contribution >= 0.6 is 0 Å². The lowest BCUT2D eigenvalue weighted by Gasteiger charge is -2.25. The van der Waals surface area contributed by atoms with Gasteiger partial charge < -0.3 is 0 Å². The minimum absolute atomic E-state index is 0.0793. The summed E-state index contributed by atoms with van der Waals surface area (Å²) < 4.78 is 14.0. The van der Waals surface area contributed by atoms with Crippen LogP contribution in [0.1, 0.15) is 31.4 Å². The highest BCUT2D eigenvalue weighted by Gasteiger charge is 2.19. The van der Waals surface area contributed by atoms with Crippen molar-refractivity contribution in [2.75, 3.05) is 19.6 Å². The summed E-state index contributed by atoms with van der Waals surface area (Å²) in [7, 11) is 0. The molecule has 0 N–H and O–H groups in total. The van der Waals surface area contributed by atoms with Gasteiger partial charge in [-0.15, -0.1) is 0 Å². The zero-order chi connectivity index (χ0) is 12.3. The first-order valence-electron chi connectivity index (χ1n) is 6.44. The maximum absolute atomic E-state index is 14.0. The number of likely N-dealkylation sites (N-methyl/N-ethyl adjacent to an activating group) is 1. The Labute approximate surface area is 103 Å². The van der Waals surface area contributed by atoms with Crippen molar-refractivity contribution in [1.29, 1.82) is 0 Å². The number of hydrogen-bond donors (Lipinski definition) is 0. The van der Waals surface area contributed by atoms with Gasteiger partial charge in [0, 0.05) is 18.5 Å². The van der Waals surface area contributed by atoms with E-state index < -0.39 is 0 Å². The van der Waals surface area contributed by atoms with Gasteiger partial charge in [0.15, 0.2) is 0 Å². The first-order chi connectivity index (χ1) is 8.26. The summed E-state index contributed by atoms with van der Waals surface area (Å²) in [5, 5.41) is 0. The van der Waals surface area contributed by atoms with Crippen molar-refractivity contribution in [1.82, 2.24) is 4.90 Å². The van der Waals surface area contributed by atoms with E-state index in [1.807, 2.05) is 18.2 Å². The Morgan fingerprint density at radius 1 is 1.12 bits per heavy atom. The van der Waals surface area contributed by atoms with Crippen molar-refractivity contribution in [2.24, 2.45) is 0 Å². The molecule has 0 bridgehead atoms. The Kier molecular flexibility index (Phi) is 3.95. The van der Waals surface area contributed by atoms with E-state index in [9.17, 15) is 4.39 Å². The van der Waals surface area contributed by atoms with Crippen LogP contribution < -0.4 is 0 Å². The molecule has 1 aliphatic carbocycles. The fourth-order valence-electron chi connectivity index (χ4n) is 2.42. The zero-order valence-electron chi connectivity index (χ0n) is 10.7. The van der Waals surface area contributed by atoms with Gasteiger partial charge in [-0.2, -0.15) is 0 Å². The molecule has 0 fully saturated rings. The number of nitrogens with zero attached hydrogens (tertiary/aromatic N) is 1. The highest BCUT2D eigenvalue weighted by Crippen LogP contribution is 2.32. The van der Waals surface area contributed by atoms with E-state index in [0.717, 1.165) is 37.2 Å². The summed E-state index contributed by atoms with van der Waals surface area (Å²) >= 11 is 0. The molecular weight excluding hydrogens is 213 g/mol. The van der Waals surface area contributed by atoms with E-state index in [0.29, 0.717) is 6.42 Å². The van der Waals surface area contributed by atoms with Crippen molar-refractivity contribution in [3.8, 4) is 0 Å². The van der Waals surface area contributed by atoms with Gasteiger partial charge >= 0.3 is 0 Å². The van der Waals surface area contributed by atoms with Crippen LogP contribution in [0.2, 0.25) is 0 Å². The highest BCUT2D eigenvalue weighted by atomic mass is 19.1. The van der Waals surface area contributed by atoms with Crippen LogP contribution in [0.3, 0.4) is 0 Å². The van der Waals surface area contributed by atoms with Crippen LogP contribution in [0.25, 0.3) is 5.57 Å². The molecule has 0 aliphatic heterocycles. The third-order valence-electron chi connectivity index (χ3n) is 3.56. The lowest BCUT2D eigenvalue weighted by Crippen LogP contribution is -2.26. The number of halogens is 1. The third-order valence-corrected chi connectivity index (χ3v) is 3.56. The first kappa shape index (κ1) is 12.3. The Hall–Kier alpha value is -1.15. The highest BCUT2D eigenvalue weighted by molar-refractivity contribution is 5.73. The Balaban J connectivity index is 2.30. The van der Waals surface area contributed by atoms with Crippen LogP contribution in [0.4, 0.5) is 4.39 Å². The number of rotatable bonds is 4. The molecule has 0 amide bonds. The van der Waals surface area contributed by atoms with Gasteiger partial charge in [0.1, 0.15) is 5.83 Å². The molecule has 2 rings (SSSR count). The van der Waals surface area contributed by atoms with Crippen LogP contribution in [0, 0.1) is 0 Å². The smallest absolute Gasteiger partial charge is 0.105 e. The van der Waals surface area contributed by atoms with Gasteiger partial charge in [0.05, 0.1) is 0 Å². The summed E-state index contributed by atoms with van der Waals surface area (Å²) in [5.41, 5.74) is 3.30. The molecule has 1 aromatic rings. The number of hydrogen-bond acceptors (Lipinski definition) is 1. The third kappa shape index (κ3) is 2.58. The molecule has 0 saturated heterocycles. The largest absolute Gasteiger partial charge is 0.300 e. The molecule has 0 spiro atoms. The Morgan fingerprint density at radius 2 is 1.82 bits per heavy atom. The fraction of sp³-hybridized carbons (Fsp3) is 0.467. The molecule has 17 heavy (non-hydrogen) atoms. The summed E-state index contributed by atoms with van der Waals surface area (Å²) in [6, 6.07) is 8.20. The van der Waals surface area contributed by atoms with Crippen molar-refractivity contribution in [2.45, 2.75) is 26.7 Å². The molecule has 0 radical (unpaired) electrons. The van der Waals surface area contributed by atoms with Crippen molar-refractivity contribution >= 4 is 5.57 Å². The van der Waals surface area contributed by atoms with Gasteiger partial charge in [-0.3, -0.25) is 4.90 Å². The van der Waals surface area contributed by atoms with Gasteiger partial charge in [-0.1, -0.05) is 38.1 Å². The maximum Gasteiger partial charge on any atom is 0.105 e. The second-order valence-corrected chi connectivity index (χ2v) is 4.50. The Morgan fingerprint density at radius 3 is 2.53 bits per heavy atom. The topological polar surface area (TPSA) is 3.24 Å². The molecule has 92 valence electrons. The normalized spacial score (nSPS) is 15.3. The fourth-order valence-corrected chi connectivity index (χ4v) is 2.42. The summed E-state index contributed by atoms with van der Waals surface area (Å²) in [5.74, 6) is 0.0793. The molecule has 2 heteroatoms. The zero-order valence-corrected chi connectivity index (χ0v) is 10.7. The van der Waals surface area contributed by atoms with Crippen molar-refractivity contribution in [3.05, 3.63) is 41.2 Å². The lowest BCUT2D eigenvalue weighted by molar-refractivity contribution is 0.339. The first-order valence-corrected chi connectivity index (χ1v) is 6.44. The minimum Gasteiger partial charge on any atom is -0.300 e. The molecule has 0 atom stereocenters. The molecule has 0 aromatic heterocycles. The molecule has 0 unspecified atom stereocenters. The molecule has 1 aliphatic rings. The van der Waals surface area contributed by atoms with Gasteiger partial charge in [-0.25, -0.2) is 4.39 Å². The predicted molar refractivity (Wildman–Crippen MR) is 70.6 cm³/mol. The molecule has 0 heterocycles. The van der Waals surface area contributed by atoms with E-state index >= 15 is 0 Å². The molecule has 0 saturated carbocycles. The monoisotopic (exact) mass is 233 g/mol. The average molecular weight is 233 g/mol. The van der Waals surface area contributed by atoms with Crippen molar-refractivity contribution in [3.63, 3.8) is 0 Å². The number of benzene rings is 1. The maximum atomic E-state index is 14.0. The number of fused-ring (bicyclic) bond motifs is 1. The summed E-state index contributed by atoms with van der Waals surface area (Å²) in [4.78, 5) is 2.26. The summed E-state index contributed by atoms with van der Waals surface area (Å²) in [6.45, 7) is 6.91. The van der Waals surface area contributed by atoms with E-state index in [1.165, 1.54) is 5.56 Å². The van der Waals surface area contributed by atoms with Crippen LogP contribution in [0.5, 0.6) is 0 Å². The predicted octanol–water partition coefficient (Wildman–Crippen LogP) is 3.66. The van der Waals surface area contributed by atoms with E-state index in [-0.39, 0.29) is 5.83 Å².